The highest BCUT2D eigenvalue weighted by Crippen LogP contribution is 2.41. The van der Waals surface area contributed by atoms with Crippen molar-refractivity contribution in [1.82, 2.24) is 9.55 Å². The highest BCUT2D eigenvalue weighted by Gasteiger charge is 2.26. The normalized spacial score (nSPS) is 14.5. The van der Waals surface area contributed by atoms with Gasteiger partial charge in [-0.25, -0.2) is 4.98 Å². The molecule has 8 nitrogen and oxygen atoms in total. The highest BCUT2D eigenvalue weighted by molar-refractivity contribution is 5.92. The van der Waals surface area contributed by atoms with Crippen LogP contribution in [0.5, 0.6) is 0 Å². The van der Waals surface area contributed by atoms with E-state index in [0.717, 1.165) is 30.3 Å². The van der Waals surface area contributed by atoms with Crippen molar-refractivity contribution in [3.8, 4) is 17.2 Å². The summed E-state index contributed by atoms with van der Waals surface area (Å²) in [6.45, 7) is 2.64. The van der Waals surface area contributed by atoms with Crippen molar-refractivity contribution in [1.29, 1.82) is 5.26 Å². The quantitative estimate of drug-likeness (QED) is 0.314. The first-order valence-corrected chi connectivity index (χ1v) is 10.8. The number of nitrogens with two attached hydrogens (primary N) is 1. The predicted molar refractivity (Wildman–Crippen MR) is 122 cm³/mol. The molecule has 160 valence electrons. The Bertz CT molecular complexity index is 1170. The van der Waals surface area contributed by atoms with E-state index in [1.807, 2.05) is 37.5 Å². The van der Waals surface area contributed by atoms with Gasteiger partial charge in [0.25, 0.3) is 0 Å². The van der Waals surface area contributed by atoms with E-state index in [1.54, 1.807) is 6.07 Å². The number of fused-ring (bicyclic) bond motifs is 1. The van der Waals surface area contributed by atoms with Crippen LogP contribution in [0.4, 0.5) is 17.1 Å². The van der Waals surface area contributed by atoms with Crippen molar-refractivity contribution in [2.75, 3.05) is 17.6 Å². The molecule has 0 atom stereocenters. The minimum absolute atomic E-state index is 0.103. The van der Waals surface area contributed by atoms with Gasteiger partial charge in [0.15, 0.2) is 0 Å². The first-order chi connectivity index (χ1) is 15.0. The van der Waals surface area contributed by atoms with Gasteiger partial charge in [-0.2, -0.15) is 5.26 Å². The number of nitriles is 1. The fraction of sp³-hybridized carbons (Fsp3) is 0.391. The van der Waals surface area contributed by atoms with Crippen LogP contribution in [0.2, 0.25) is 0 Å². The fourth-order valence-corrected chi connectivity index (χ4v) is 4.48. The second-order valence-electron chi connectivity index (χ2n) is 8.05. The van der Waals surface area contributed by atoms with Crippen LogP contribution in [0, 0.1) is 21.4 Å². The first-order valence-electron chi connectivity index (χ1n) is 10.8. The molecule has 0 bridgehead atoms. The number of imidazole rings is 1. The Kier molecular flexibility index (Phi) is 5.76. The molecule has 4 rings (SSSR count). The van der Waals surface area contributed by atoms with E-state index in [0.29, 0.717) is 29.4 Å². The molecule has 3 N–H and O–H groups in total. The van der Waals surface area contributed by atoms with Crippen LogP contribution in [0.15, 0.2) is 30.6 Å². The van der Waals surface area contributed by atoms with Gasteiger partial charge in [-0.15, -0.1) is 0 Å². The summed E-state index contributed by atoms with van der Waals surface area (Å²) < 4.78 is 2.23. The summed E-state index contributed by atoms with van der Waals surface area (Å²) >= 11 is 0. The van der Waals surface area contributed by atoms with Crippen molar-refractivity contribution in [3.05, 3.63) is 46.3 Å². The van der Waals surface area contributed by atoms with Crippen molar-refractivity contribution < 1.29 is 4.92 Å². The molecule has 2 aromatic carbocycles. The fourth-order valence-electron chi connectivity index (χ4n) is 4.48. The molecule has 1 fully saturated rings. The van der Waals surface area contributed by atoms with Gasteiger partial charge in [0, 0.05) is 12.6 Å². The van der Waals surface area contributed by atoms with E-state index in [9.17, 15) is 15.4 Å². The zero-order chi connectivity index (χ0) is 22.0. The molecule has 3 aromatic rings. The van der Waals surface area contributed by atoms with Crippen molar-refractivity contribution in [2.45, 2.75) is 51.5 Å². The Morgan fingerprint density at radius 2 is 2.10 bits per heavy atom. The van der Waals surface area contributed by atoms with Gasteiger partial charge < -0.3 is 15.6 Å². The third-order valence-corrected chi connectivity index (χ3v) is 6.05. The summed E-state index contributed by atoms with van der Waals surface area (Å²) in [5, 5.41) is 24.6. The molecule has 1 aromatic heterocycles. The molecule has 1 saturated carbocycles. The molecule has 0 unspecified atom stereocenters. The van der Waals surface area contributed by atoms with E-state index in [4.69, 9.17) is 5.73 Å². The summed E-state index contributed by atoms with van der Waals surface area (Å²) in [6, 6.07) is 9.83. The summed E-state index contributed by atoms with van der Waals surface area (Å²) in [4.78, 5) is 15.9. The van der Waals surface area contributed by atoms with Crippen LogP contribution in [0.3, 0.4) is 0 Å². The van der Waals surface area contributed by atoms with Gasteiger partial charge in [-0.05, 0) is 43.0 Å². The monoisotopic (exact) mass is 418 g/mol. The van der Waals surface area contributed by atoms with E-state index in [2.05, 4.69) is 14.9 Å². The molecule has 0 spiro atoms. The zero-order valence-electron chi connectivity index (χ0n) is 17.6. The average molecular weight is 419 g/mol. The van der Waals surface area contributed by atoms with E-state index >= 15 is 0 Å². The molecule has 1 heterocycles. The molecule has 31 heavy (non-hydrogen) atoms. The number of rotatable bonds is 6. The third kappa shape index (κ3) is 3.79. The Morgan fingerprint density at radius 3 is 2.77 bits per heavy atom. The molecule has 0 saturated heterocycles. The SMILES string of the molecule is CCCNc1cc(-c2ccc3c(c2)ncn3C2CCCCC2)c([N+](=O)[O-])c(N)c1C#N. The number of anilines is 2. The van der Waals surface area contributed by atoms with Crippen molar-refractivity contribution >= 4 is 28.1 Å². The lowest BCUT2D eigenvalue weighted by molar-refractivity contribution is -0.383. The second kappa shape index (κ2) is 8.64. The lowest BCUT2D eigenvalue weighted by Gasteiger charge is -2.23. The second-order valence-corrected chi connectivity index (χ2v) is 8.05. The number of nitrogen functional groups attached to an aromatic ring is 1. The van der Waals surface area contributed by atoms with Crippen LogP contribution < -0.4 is 11.1 Å². The maximum absolute atomic E-state index is 11.9. The summed E-state index contributed by atoms with van der Waals surface area (Å²) in [5.74, 6) is 0. The van der Waals surface area contributed by atoms with Crippen LogP contribution in [0.1, 0.15) is 57.1 Å². The Hall–Kier alpha value is -3.60. The number of hydrogen-bond donors (Lipinski definition) is 2. The average Bonchev–Trinajstić information content (AvgIpc) is 3.20. The number of aromatic nitrogens is 2. The molecule has 0 amide bonds. The Balaban J connectivity index is 1.83. The first kappa shape index (κ1) is 20.7. The number of hydrogen-bond acceptors (Lipinski definition) is 6. The lowest BCUT2D eigenvalue weighted by Crippen LogP contribution is -2.11. The van der Waals surface area contributed by atoms with Crippen molar-refractivity contribution in [3.63, 3.8) is 0 Å². The molecule has 0 radical (unpaired) electrons. The third-order valence-electron chi connectivity index (χ3n) is 6.05. The number of nitro groups is 1. The van der Waals surface area contributed by atoms with Gasteiger partial charge in [0.05, 0.1) is 33.5 Å². The number of nitro benzene ring substituents is 1. The minimum Gasteiger partial charge on any atom is -0.392 e. The van der Waals surface area contributed by atoms with Crippen molar-refractivity contribution in [2.24, 2.45) is 0 Å². The maximum Gasteiger partial charge on any atom is 0.301 e. The van der Waals surface area contributed by atoms with E-state index in [1.165, 1.54) is 19.3 Å². The van der Waals surface area contributed by atoms with Crippen LogP contribution >= 0.6 is 0 Å². The smallest absolute Gasteiger partial charge is 0.301 e. The minimum atomic E-state index is -0.514. The van der Waals surface area contributed by atoms with Crippen LogP contribution in [0.25, 0.3) is 22.2 Å². The Labute approximate surface area is 180 Å². The number of benzene rings is 2. The van der Waals surface area contributed by atoms with Crippen LogP contribution in [-0.4, -0.2) is 21.0 Å². The molecular formula is C23H26N6O2. The lowest BCUT2D eigenvalue weighted by atomic mass is 9.95. The van der Waals surface area contributed by atoms with Gasteiger partial charge in [-0.1, -0.05) is 32.3 Å². The maximum atomic E-state index is 11.9. The molecule has 0 aliphatic heterocycles. The topological polar surface area (TPSA) is 123 Å². The molecule has 1 aliphatic carbocycles. The van der Waals surface area contributed by atoms with Gasteiger partial charge in [0.1, 0.15) is 17.3 Å². The van der Waals surface area contributed by atoms with E-state index in [-0.39, 0.29) is 16.9 Å². The summed E-state index contributed by atoms with van der Waals surface area (Å²) in [6.07, 6.45) is 8.77. The standard InChI is InChI=1S/C23H26N6O2/c1-2-10-26-19-12-17(23(29(30)31)22(25)18(19)13-24)15-8-9-21-20(11-15)27-14-28(21)16-6-4-3-5-7-16/h8-9,11-12,14,16,26H,2-7,10,25H2,1H3. The predicted octanol–water partition coefficient (Wildman–Crippen LogP) is 5.39. The van der Waals surface area contributed by atoms with Gasteiger partial charge in [0.2, 0.25) is 0 Å². The molecule has 1 aliphatic rings. The summed E-state index contributed by atoms with van der Waals surface area (Å²) in [5.41, 5.74) is 9.21. The Morgan fingerprint density at radius 1 is 1.32 bits per heavy atom. The summed E-state index contributed by atoms with van der Waals surface area (Å²) in [7, 11) is 0. The molecular weight excluding hydrogens is 392 g/mol. The van der Waals surface area contributed by atoms with E-state index < -0.39 is 4.92 Å². The van der Waals surface area contributed by atoms with Crippen LogP contribution in [-0.2, 0) is 0 Å². The zero-order valence-corrected chi connectivity index (χ0v) is 17.6. The highest BCUT2D eigenvalue weighted by atomic mass is 16.6. The van der Waals surface area contributed by atoms with Gasteiger partial charge >= 0.3 is 5.69 Å². The number of nitrogens with one attached hydrogen (secondary N) is 1. The van der Waals surface area contributed by atoms with Gasteiger partial charge in [-0.3, -0.25) is 10.1 Å². The molecule has 8 heteroatoms. The number of nitrogens with zero attached hydrogens (tertiary/aromatic N) is 4. The largest absolute Gasteiger partial charge is 0.392 e.